The Bertz CT molecular complexity index is 2680. The van der Waals surface area contributed by atoms with Gasteiger partial charge >= 0.3 is 11.9 Å². The van der Waals surface area contributed by atoms with Crippen LogP contribution in [0.3, 0.4) is 0 Å². The van der Waals surface area contributed by atoms with Crippen LogP contribution in [0.1, 0.15) is 147 Å². The third kappa shape index (κ3) is 23.6. The molecule has 85 heavy (non-hydrogen) atoms. The molecule has 0 saturated heterocycles. The van der Waals surface area contributed by atoms with Crippen LogP contribution in [0.25, 0.3) is 0 Å². The molecule has 1 aliphatic heterocycles. The van der Waals surface area contributed by atoms with E-state index >= 15 is 0 Å². The maximum Gasteiger partial charge on any atom is 0.306 e. The number of rotatable bonds is 37. The SMILES string of the molecule is CC[C@H](C)[C@H](NC(=O)C(C)(C)N(C)C)C(=O)N(C)C(C[C@@H](OC(C)=O)c1nc(C(=O)N[C@@H](Cc2ccc(O)c(NC(=O)CCCNC(=O)[C@H](CCCCNC(=O)CN(C)C)NC(=O)CCCN3C(=O)C=CC3=O)c2)CC(C)C(=O)O)cs1)C(C)C. The Morgan fingerprint density at radius 1 is 0.812 bits per heavy atom. The van der Waals surface area contributed by atoms with Crippen molar-refractivity contribution in [1.29, 1.82) is 0 Å². The molecule has 3 rings (SSSR count). The van der Waals surface area contributed by atoms with E-state index in [-0.39, 0.29) is 123 Å². The number of esters is 1. The van der Waals surface area contributed by atoms with Gasteiger partial charge in [0.05, 0.1) is 23.7 Å². The highest BCUT2D eigenvalue weighted by Gasteiger charge is 2.39. The highest BCUT2D eigenvalue weighted by Crippen LogP contribution is 2.32. The number of imide groups is 1. The molecule has 9 amide bonds. The fraction of sp³-hybridized carbons (Fsp3) is 0.627. The number of carboxylic acids is 1. The topological polar surface area (TPSA) is 335 Å². The van der Waals surface area contributed by atoms with Gasteiger partial charge in [-0.1, -0.05) is 47.1 Å². The van der Waals surface area contributed by atoms with Crippen LogP contribution in [0.5, 0.6) is 5.75 Å². The van der Waals surface area contributed by atoms with Crippen molar-refractivity contribution in [2.24, 2.45) is 17.8 Å². The molecule has 0 aliphatic carbocycles. The summed E-state index contributed by atoms with van der Waals surface area (Å²) in [5, 5.41) is 39.3. The standard InChI is InChI=1S/C59H91N11O14S/c1-14-36(4)52(66-58(83)59(7,8)68(11)12)56(80)69(13)44(35(2)3)32-46(84-38(6)71)55-65-43(34-85-55)54(79)62-40(29-37(5)57(81)82)30-39-22-23-45(72)42(31-39)64-47(73)20-17-27-61-53(78)41(19-15-16-26-60-49(75)33-67(9)10)63-48(74)21-18-28-70-50(76)24-25-51(70)77/h22-25,31,34-37,40-41,44,46,52,72H,14-21,26-30,32-33H2,1-13H3,(H,60,75)(H,61,78)(H,62,79)(H,63,74)(H,64,73)(H,66,83)(H,81,82)/t36-,37?,40+,41-,44?,46+,52-/m0/s1. The average Bonchev–Trinajstić information content (AvgIpc) is 3.90. The maximum absolute atomic E-state index is 14.3. The molecule has 0 radical (unpaired) electrons. The number of thiazole rings is 1. The lowest BCUT2D eigenvalue weighted by Crippen LogP contribution is -2.60. The molecule has 8 N–H and O–H groups in total. The van der Waals surface area contributed by atoms with E-state index in [1.165, 1.54) is 31.4 Å². The number of phenols is 1. The van der Waals surface area contributed by atoms with Crippen LogP contribution in [-0.4, -0.2) is 191 Å². The number of carboxylic acid groups (broad SMARTS) is 1. The number of benzene rings is 1. The highest BCUT2D eigenvalue weighted by molar-refractivity contribution is 7.09. The zero-order chi connectivity index (χ0) is 63.9. The lowest BCUT2D eigenvalue weighted by Gasteiger charge is -2.38. The van der Waals surface area contributed by atoms with Crippen molar-refractivity contribution in [2.75, 3.05) is 66.7 Å². The van der Waals surface area contributed by atoms with Gasteiger partial charge in [0.15, 0.2) is 6.10 Å². The highest BCUT2D eigenvalue weighted by atomic mass is 32.1. The summed E-state index contributed by atoms with van der Waals surface area (Å²) in [6.07, 6.45) is 3.48. The second-order valence-electron chi connectivity index (χ2n) is 23.1. The Kier molecular flexibility index (Phi) is 29.3. The molecule has 472 valence electrons. The quantitative estimate of drug-likeness (QED) is 0.0208. The number of hydrogen-bond donors (Lipinski definition) is 8. The molecule has 25 nitrogen and oxygen atoms in total. The summed E-state index contributed by atoms with van der Waals surface area (Å²) in [6.45, 7) is 14.6. The minimum absolute atomic E-state index is 0.0234. The largest absolute Gasteiger partial charge is 0.506 e. The van der Waals surface area contributed by atoms with Crippen LogP contribution in [0.2, 0.25) is 0 Å². The lowest BCUT2D eigenvalue weighted by molar-refractivity contribution is -0.149. The number of phenolic OH excluding ortho intramolecular Hbond substituents is 1. The first-order chi connectivity index (χ1) is 39.9. The van der Waals surface area contributed by atoms with Crippen molar-refractivity contribution in [2.45, 2.75) is 162 Å². The third-order valence-electron chi connectivity index (χ3n) is 15.0. The van der Waals surface area contributed by atoms with Gasteiger partial charge in [-0.3, -0.25) is 62.5 Å². The predicted octanol–water partition coefficient (Wildman–Crippen LogP) is 3.52. The summed E-state index contributed by atoms with van der Waals surface area (Å²) in [7, 11) is 8.75. The Balaban J connectivity index is 1.71. The Morgan fingerprint density at radius 2 is 1.46 bits per heavy atom. The average molecular weight is 1210 g/mol. The second-order valence-corrected chi connectivity index (χ2v) is 24.0. The zero-order valence-electron chi connectivity index (χ0n) is 51.6. The molecule has 2 aromatic rings. The van der Waals surface area contributed by atoms with Gasteiger partial charge in [-0.15, -0.1) is 11.3 Å². The molecule has 0 spiro atoms. The number of aromatic hydroxyl groups is 1. The number of anilines is 1. The molecule has 2 heterocycles. The van der Waals surface area contributed by atoms with Crippen LogP contribution in [-0.2, 0) is 59.1 Å². The molecular weight excluding hydrogens is 1120 g/mol. The van der Waals surface area contributed by atoms with Crippen LogP contribution < -0.4 is 31.9 Å². The molecule has 1 aromatic heterocycles. The maximum atomic E-state index is 14.3. The van der Waals surface area contributed by atoms with E-state index in [0.29, 0.717) is 31.4 Å². The summed E-state index contributed by atoms with van der Waals surface area (Å²) in [6, 6.07) is 1.28. The summed E-state index contributed by atoms with van der Waals surface area (Å²) >= 11 is 1.07. The molecular formula is C59H91N11O14S. The van der Waals surface area contributed by atoms with Crippen LogP contribution in [0, 0.1) is 17.8 Å². The van der Waals surface area contributed by atoms with Crippen LogP contribution in [0.15, 0.2) is 35.7 Å². The van der Waals surface area contributed by atoms with Crippen molar-refractivity contribution in [1.82, 2.24) is 51.2 Å². The van der Waals surface area contributed by atoms with E-state index in [1.54, 1.807) is 69.9 Å². The number of unbranched alkanes of at least 4 members (excludes halogenated alkanes) is 1. The molecule has 7 atom stereocenters. The van der Waals surface area contributed by atoms with Gasteiger partial charge in [0, 0.05) is 82.5 Å². The van der Waals surface area contributed by atoms with Crippen molar-refractivity contribution in [3.8, 4) is 5.75 Å². The number of aliphatic carboxylic acids is 1. The predicted molar refractivity (Wildman–Crippen MR) is 320 cm³/mol. The second kappa shape index (κ2) is 34.6. The first-order valence-corrected chi connectivity index (χ1v) is 29.8. The molecule has 1 aliphatic rings. The zero-order valence-corrected chi connectivity index (χ0v) is 52.4. The minimum atomic E-state index is -1.10. The van der Waals surface area contributed by atoms with E-state index in [4.69, 9.17) is 4.74 Å². The van der Waals surface area contributed by atoms with Gasteiger partial charge in [0.2, 0.25) is 35.4 Å². The first-order valence-electron chi connectivity index (χ1n) is 28.9. The van der Waals surface area contributed by atoms with Crippen molar-refractivity contribution in [3.63, 3.8) is 0 Å². The normalized spacial score (nSPS) is 14.9. The fourth-order valence-electron chi connectivity index (χ4n) is 9.12. The van der Waals surface area contributed by atoms with Gasteiger partial charge < -0.3 is 56.7 Å². The van der Waals surface area contributed by atoms with Crippen molar-refractivity contribution >= 4 is 82.1 Å². The molecule has 0 saturated carbocycles. The van der Waals surface area contributed by atoms with Gasteiger partial charge in [0.1, 0.15) is 28.5 Å². The monoisotopic (exact) mass is 1210 g/mol. The van der Waals surface area contributed by atoms with E-state index in [0.717, 1.165) is 28.4 Å². The Labute approximate surface area is 503 Å². The molecule has 2 unspecified atom stereocenters. The van der Waals surface area contributed by atoms with Gasteiger partial charge in [-0.05, 0) is 117 Å². The summed E-state index contributed by atoms with van der Waals surface area (Å²) in [5.41, 5.74) is -0.382. The summed E-state index contributed by atoms with van der Waals surface area (Å²) < 4.78 is 5.80. The number of amides is 9. The number of nitrogens with zero attached hydrogens (tertiary/aromatic N) is 5. The Morgan fingerprint density at radius 3 is 2.06 bits per heavy atom. The van der Waals surface area contributed by atoms with E-state index in [2.05, 4.69) is 36.9 Å². The summed E-state index contributed by atoms with van der Waals surface area (Å²) in [5.74, 6) is -7.13. The summed E-state index contributed by atoms with van der Waals surface area (Å²) in [4.78, 5) is 153. The van der Waals surface area contributed by atoms with Crippen LogP contribution in [0.4, 0.5) is 5.69 Å². The van der Waals surface area contributed by atoms with E-state index in [1.807, 2.05) is 27.7 Å². The lowest BCUT2D eigenvalue weighted by atomic mass is 9.92. The molecule has 1 aromatic carbocycles. The Hall–Kier alpha value is -7.32. The first kappa shape index (κ1) is 71.9. The fourth-order valence-corrected chi connectivity index (χ4v) is 9.96. The van der Waals surface area contributed by atoms with E-state index < -0.39 is 89.1 Å². The van der Waals surface area contributed by atoms with Gasteiger partial charge in [-0.2, -0.15) is 0 Å². The van der Waals surface area contributed by atoms with Gasteiger partial charge in [0.25, 0.3) is 17.7 Å². The molecule has 26 heteroatoms. The van der Waals surface area contributed by atoms with Gasteiger partial charge in [-0.25, -0.2) is 4.98 Å². The smallest absolute Gasteiger partial charge is 0.306 e. The number of hydrogen-bond acceptors (Lipinski definition) is 17. The molecule has 0 bridgehead atoms. The number of ether oxygens (including phenoxy) is 1. The number of carbonyl (C=O) groups is 11. The number of nitrogens with one attached hydrogen (secondary N) is 6. The van der Waals surface area contributed by atoms with Crippen molar-refractivity contribution < 1.29 is 67.7 Å². The van der Waals surface area contributed by atoms with Crippen molar-refractivity contribution in [3.05, 3.63) is 52.0 Å². The molecule has 0 fully saturated rings. The van der Waals surface area contributed by atoms with Crippen LogP contribution >= 0.6 is 11.3 Å². The number of carbonyl (C=O) groups excluding carboxylic acids is 10. The third-order valence-corrected chi connectivity index (χ3v) is 15.9. The van der Waals surface area contributed by atoms with E-state index in [9.17, 15) is 63.0 Å². The number of likely N-dealkylation sites (N-methyl/N-ethyl adjacent to an activating group) is 3. The number of aromatic nitrogens is 1. The minimum Gasteiger partial charge on any atom is -0.506 e.